The van der Waals surface area contributed by atoms with Crippen LogP contribution in [0.4, 0.5) is 0 Å². The molecule has 2 heterocycles. The van der Waals surface area contributed by atoms with Gasteiger partial charge in [0.1, 0.15) is 11.7 Å². The summed E-state index contributed by atoms with van der Waals surface area (Å²) in [6.45, 7) is 2.09. The maximum absolute atomic E-state index is 13.2. The van der Waals surface area contributed by atoms with Crippen molar-refractivity contribution in [2.45, 2.75) is 61.3 Å². The minimum Gasteiger partial charge on any atom is -0.504 e. The number of carbonyl (C=O) groups excluding carboxylic acids is 1. The zero-order valence-electron chi connectivity index (χ0n) is 19.6. The smallest absolute Gasteiger partial charge is 0.251 e. The minimum atomic E-state index is -1.35. The number of carbonyl (C=O) groups is 1. The second-order valence-corrected chi connectivity index (χ2v) is 11.7. The van der Waals surface area contributed by atoms with Crippen molar-refractivity contribution in [3.63, 3.8) is 0 Å². The van der Waals surface area contributed by atoms with E-state index in [4.69, 9.17) is 4.74 Å². The first-order chi connectivity index (χ1) is 17.0. The van der Waals surface area contributed by atoms with Crippen molar-refractivity contribution in [2.75, 3.05) is 13.1 Å². The standard InChI is InChI=1S/C29H30N2O4/c32-20-9-8-19-14-22-27-10-11-29(34,21(15-27)30-25(33)18-4-2-1-3-5-18)26-28(27,23(19)24(20)35-26)12-13-31(22)16-17-6-7-17/h1-5,8-11,17,21-22,26,32,34H,6-7,12-16H2,(H,30,33)/t21-,22+,26+,27+,28-,29+/m0/s1. The largest absolute Gasteiger partial charge is 0.504 e. The van der Waals surface area contributed by atoms with Gasteiger partial charge in [-0.15, -0.1) is 0 Å². The molecule has 3 fully saturated rings. The molecule has 1 saturated heterocycles. The lowest BCUT2D eigenvalue weighted by molar-refractivity contribution is -0.191. The number of amides is 1. The summed E-state index contributed by atoms with van der Waals surface area (Å²) in [7, 11) is 0. The summed E-state index contributed by atoms with van der Waals surface area (Å²) in [4.78, 5) is 15.9. The molecule has 0 radical (unpaired) electrons. The maximum atomic E-state index is 13.2. The van der Waals surface area contributed by atoms with Crippen LogP contribution < -0.4 is 10.1 Å². The lowest BCUT2D eigenvalue weighted by atomic mass is 9.38. The third-order valence-corrected chi connectivity index (χ3v) is 10.1. The zero-order chi connectivity index (χ0) is 23.6. The van der Waals surface area contributed by atoms with Crippen LogP contribution in [-0.2, 0) is 11.8 Å². The first-order valence-corrected chi connectivity index (χ1v) is 13.0. The maximum Gasteiger partial charge on any atom is 0.251 e. The van der Waals surface area contributed by atoms with Gasteiger partial charge in [0.25, 0.3) is 5.91 Å². The number of rotatable bonds is 4. The number of aromatic hydroxyl groups is 1. The second-order valence-electron chi connectivity index (χ2n) is 11.7. The van der Waals surface area contributed by atoms with Gasteiger partial charge in [-0.25, -0.2) is 0 Å². The molecular formula is C29H30N2O4. The predicted octanol–water partition coefficient (Wildman–Crippen LogP) is 2.92. The Labute approximate surface area is 204 Å². The van der Waals surface area contributed by atoms with E-state index in [1.54, 1.807) is 18.2 Å². The van der Waals surface area contributed by atoms with Crippen LogP contribution in [-0.4, -0.2) is 57.9 Å². The second kappa shape index (κ2) is 6.48. The number of aliphatic hydroxyl groups is 1. The quantitative estimate of drug-likeness (QED) is 0.599. The van der Waals surface area contributed by atoms with Gasteiger partial charge in [0.15, 0.2) is 11.5 Å². The van der Waals surface area contributed by atoms with Gasteiger partial charge in [-0.05, 0) is 68.3 Å². The van der Waals surface area contributed by atoms with Crippen molar-refractivity contribution in [2.24, 2.45) is 11.3 Å². The molecule has 9 rings (SSSR count). The fourth-order valence-corrected chi connectivity index (χ4v) is 8.48. The molecular weight excluding hydrogens is 440 g/mol. The number of nitrogens with one attached hydrogen (secondary N) is 1. The lowest BCUT2D eigenvalue weighted by Crippen LogP contribution is -2.81. The normalized spacial score (nSPS) is 39.7. The first kappa shape index (κ1) is 20.4. The predicted molar refractivity (Wildman–Crippen MR) is 129 cm³/mol. The number of hydrogen-bond acceptors (Lipinski definition) is 5. The third kappa shape index (κ3) is 2.35. The number of hydrogen-bond donors (Lipinski definition) is 3. The van der Waals surface area contributed by atoms with E-state index in [0.717, 1.165) is 37.4 Å². The molecule has 0 unspecified atom stereocenters. The fraction of sp³-hybridized carbons (Fsp3) is 0.483. The van der Waals surface area contributed by atoms with Crippen LogP contribution in [0.5, 0.6) is 11.5 Å². The Morgan fingerprint density at radius 2 is 1.97 bits per heavy atom. The van der Waals surface area contributed by atoms with E-state index in [2.05, 4.69) is 22.4 Å². The minimum absolute atomic E-state index is 0.148. The number of piperidine rings is 1. The molecule has 0 aromatic heterocycles. The molecule has 2 aliphatic heterocycles. The Hall–Kier alpha value is -2.83. The van der Waals surface area contributed by atoms with E-state index in [1.807, 2.05) is 24.3 Å². The molecule has 2 aromatic rings. The average molecular weight is 471 g/mol. The molecule has 7 aliphatic rings. The van der Waals surface area contributed by atoms with Gasteiger partial charge in [0, 0.05) is 29.1 Å². The van der Waals surface area contributed by atoms with Gasteiger partial charge in [0.05, 0.1) is 11.5 Å². The molecule has 2 spiro atoms. The number of phenols is 1. The molecule has 4 bridgehead atoms. The molecule has 180 valence electrons. The monoisotopic (exact) mass is 470 g/mol. The highest BCUT2D eigenvalue weighted by Gasteiger charge is 2.79. The number of benzene rings is 2. The summed E-state index contributed by atoms with van der Waals surface area (Å²) in [5, 5.41) is 26.2. The number of nitrogens with zero attached hydrogens (tertiary/aromatic N) is 1. The summed E-state index contributed by atoms with van der Waals surface area (Å²) >= 11 is 0. The Kier molecular flexibility index (Phi) is 3.77. The highest BCUT2D eigenvalue weighted by atomic mass is 16.5. The van der Waals surface area contributed by atoms with Crippen molar-refractivity contribution >= 4 is 5.91 Å². The van der Waals surface area contributed by atoms with Crippen molar-refractivity contribution in [1.29, 1.82) is 0 Å². The number of fused-ring (bicyclic) bond motifs is 1. The van der Waals surface area contributed by atoms with Gasteiger partial charge in [-0.3, -0.25) is 9.69 Å². The summed E-state index contributed by atoms with van der Waals surface area (Å²) in [5.74, 6) is 1.30. The van der Waals surface area contributed by atoms with Crippen molar-refractivity contribution in [3.05, 3.63) is 71.3 Å². The Morgan fingerprint density at radius 1 is 1.14 bits per heavy atom. The topological polar surface area (TPSA) is 82.0 Å². The number of likely N-dealkylation sites (tertiary alicyclic amines) is 1. The van der Waals surface area contributed by atoms with E-state index in [0.29, 0.717) is 17.7 Å². The van der Waals surface area contributed by atoms with Gasteiger partial charge >= 0.3 is 0 Å². The van der Waals surface area contributed by atoms with Gasteiger partial charge in [-0.2, -0.15) is 0 Å². The van der Waals surface area contributed by atoms with E-state index in [9.17, 15) is 15.0 Å². The van der Waals surface area contributed by atoms with Gasteiger partial charge in [0.2, 0.25) is 0 Å². The van der Waals surface area contributed by atoms with Crippen molar-refractivity contribution in [3.8, 4) is 11.5 Å². The van der Waals surface area contributed by atoms with Crippen LogP contribution in [0.1, 0.15) is 47.2 Å². The molecule has 2 saturated carbocycles. The molecule has 2 aromatic carbocycles. The summed E-state index contributed by atoms with van der Waals surface area (Å²) < 4.78 is 6.57. The van der Waals surface area contributed by atoms with Crippen molar-refractivity contribution in [1.82, 2.24) is 10.2 Å². The SMILES string of the molecule is O=C(N[C@H]1C[C@@]23C=C[C@]1(O)[C@@H]1Oc4c(O)ccc5c4[C@@]12CCN(CC1CC1)[C@@H]3C5)c1ccccc1. The van der Waals surface area contributed by atoms with Gasteiger partial charge < -0.3 is 20.3 Å². The summed E-state index contributed by atoms with van der Waals surface area (Å²) in [5.41, 5.74) is 0.928. The number of phenolic OH excluding ortho intramolecular Hbond substituents is 1. The highest BCUT2D eigenvalue weighted by molar-refractivity contribution is 5.94. The Balaban J connectivity index is 1.28. The van der Waals surface area contributed by atoms with Crippen LogP contribution in [0.2, 0.25) is 0 Å². The zero-order valence-corrected chi connectivity index (χ0v) is 19.6. The van der Waals surface area contributed by atoms with E-state index in [-0.39, 0.29) is 23.1 Å². The van der Waals surface area contributed by atoms with Crippen molar-refractivity contribution < 1.29 is 19.7 Å². The third-order valence-electron chi connectivity index (χ3n) is 10.1. The molecule has 6 atom stereocenters. The molecule has 6 heteroatoms. The molecule has 1 amide bonds. The fourth-order valence-electron chi connectivity index (χ4n) is 8.48. The van der Waals surface area contributed by atoms with Gasteiger partial charge in [-0.1, -0.05) is 36.4 Å². The molecule has 5 aliphatic carbocycles. The lowest BCUT2D eigenvalue weighted by Gasteiger charge is -2.70. The van der Waals surface area contributed by atoms with E-state index in [1.165, 1.54) is 18.4 Å². The van der Waals surface area contributed by atoms with E-state index < -0.39 is 23.2 Å². The van der Waals surface area contributed by atoms with Crippen LogP contribution in [0.15, 0.2) is 54.6 Å². The molecule has 6 nitrogen and oxygen atoms in total. The van der Waals surface area contributed by atoms with Crippen LogP contribution >= 0.6 is 0 Å². The molecule has 3 N–H and O–H groups in total. The first-order valence-electron chi connectivity index (χ1n) is 13.0. The summed E-state index contributed by atoms with van der Waals surface area (Å²) in [6, 6.07) is 12.8. The van der Waals surface area contributed by atoms with Crippen LogP contribution in [0, 0.1) is 11.3 Å². The Morgan fingerprint density at radius 3 is 2.77 bits per heavy atom. The van der Waals surface area contributed by atoms with Crippen LogP contribution in [0.3, 0.4) is 0 Å². The average Bonchev–Trinajstić information content (AvgIpc) is 3.60. The summed E-state index contributed by atoms with van der Waals surface area (Å²) in [6.07, 6.45) is 8.72. The number of ether oxygens (including phenoxy) is 1. The van der Waals surface area contributed by atoms with E-state index >= 15 is 0 Å². The van der Waals surface area contributed by atoms with Crippen LogP contribution in [0.25, 0.3) is 0 Å². The highest BCUT2D eigenvalue weighted by Crippen LogP contribution is 2.73. The molecule has 35 heavy (non-hydrogen) atoms. The Bertz CT molecular complexity index is 1290.